The van der Waals surface area contributed by atoms with E-state index in [-0.39, 0.29) is 17.3 Å². The van der Waals surface area contributed by atoms with Gasteiger partial charge in [0, 0.05) is 25.8 Å². The van der Waals surface area contributed by atoms with Crippen LogP contribution < -0.4 is 4.72 Å². The number of hydrogen-bond donors (Lipinski definition) is 1. The Morgan fingerprint density at radius 3 is 2.53 bits per heavy atom. The Bertz CT molecular complexity index is 1010. The lowest BCUT2D eigenvalue weighted by molar-refractivity contribution is -0.134. The van der Waals surface area contributed by atoms with E-state index in [0.717, 1.165) is 12.8 Å². The molecule has 2 atom stereocenters. The molecule has 0 aliphatic carbocycles. The summed E-state index contributed by atoms with van der Waals surface area (Å²) in [7, 11) is -3.95. The van der Waals surface area contributed by atoms with Crippen LogP contribution in [0, 0.1) is 17.2 Å². The summed E-state index contributed by atoms with van der Waals surface area (Å²) in [5.74, 6) is 0.186. The number of amides is 1. The van der Waals surface area contributed by atoms with Crippen LogP contribution in [-0.4, -0.2) is 48.3 Å². The van der Waals surface area contributed by atoms with E-state index in [4.69, 9.17) is 11.6 Å². The van der Waals surface area contributed by atoms with Crippen molar-refractivity contribution in [1.82, 2.24) is 14.2 Å². The maximum Gasteiger partial charge on any atom is 0.242 e. The molecule has 1 aliphatic rings. The van der Waals surface area contributed by atoms with Crippen LogP contribution in [0.3, 0.4) is 0 Å². The van der Waals surface area contributed by atoms with Gasteiger partial charge in [-0.3, -0.25) is 4.79 Å². The summed E-state index contributed by atoms with van der Waals surface area (Å²) in [5.41, 5.74) is 0.393. The first-order valence-corrected chi connectivity index (χ1v) is 11.8. The number of hydrogen-bond acceptors (Lipinski definition) is 4. The van der Waals surface area contributed by atoms with Crippen molar-refractivity contribution in [2.75, 3.05) is 13.1 Å². The van der Waals surface area contributed by atoms with Gasteiger partial charge in [0.2, 0.25) is 15.9 Å². The second kappa shape index (κ2) is 9.65. The van der Waals surface area contributed by atoms with Gasteiger partial charge in [0.05, 0.1) is 10.3 Å². The summed E-state index contributed by atoms with van der Waals surface area (Å²) in [5, 5.41) is 8.35. The van der Waals surface area contributed by atoms with Crippen molar-refractivity contribution in [2.24, 2.45) is 5.92 Å². The van der Waals surface area contributed by atoms with Crippen LogP contribution in [0.25, 0.3) is 0 Å². The highest BCUT2D eigenvalue weighted by molar-refractivity contribution is 7.89. The Morgan fingerprint density at radius 1 is 1.23 bits per heavy atom. The molecule has 2 aromatic rings. The lowest BCUT2D eigenvalue weighted by Gasteiger charge is -2.34. The summed E-state index contributed by atoms with van der Waals surface area (Å²) in [6, 6.07) is 12.1. The van der Waals surface area contributed by atoms with Gasteiger partial charge in [-0.05, 0) is 43.0 Å². The highest BCUT2D eigenvalue weighted by Gasteiger charge is 2.36. The van der Waals surface area contributed by atoms with Crippen molar-refractivity contribution in [3.05, 3.63) is 54.4 Å². The third-order valence-electron chi connectivity index (χ3n) is 5.37. The van der Waals surface area contributed by atoms with Crippen LogP contribution in [-0.2, 0) is 21.4 Å². The average Bonchev–Trinajstić information content (AvgIpc) is 3.19. The standard InChI is InChI=1S/C21H25ClN4O3S/c1-16-9-12-25(13-10-16)21(27)20(19(22)15-26-11-5-6-17(26)14-23)24-30(28,29)18-7-3-2-4-8-18/h2-8,11,16,19-20,24H,9-10,12-13,15H2,1H3. The second-order valence-electron chi connectivity index (χ2n) is 7.59. The van der Waals surface area contributed by atoms with Crippen LogP contribution in [0.4, 0.5) is 0 Å². The molecular weight excluding hydrogens is 424 g/mol. The minimum atomic E-state index is -3.95. The number of alkyl halides is 1. The highest BCUT2D eigenvalue weighted by Crippen LogP contribution is 2.20. The zero-order valence-corrected chi connectivity index (χ0v) is 18.3. The van der Waals surface area contributed by atoms with E-state index in [0.29, 0.717) is 24.7 Å². The number of nitriles is 1. The van der Waals surface area contributed by atoms with Crippen molar-refractivity contribution < 1.29 is 13.2 Å². The number of carbonyl (C=O) groups excluding carboxylic acids is 1. The Hall–Kier alpha value is -2.34. The first-order valence-electron chi connectivity index (χ1n) is 9.87. The highest BCUT2D eigenvalue weighted by atomic mass is 35.5. The largest absolute Gasteiger partial charge is 0.341 e. The average molecular weight is 449 g/mol. The van der Waals surface area contributed by atoms with Crippen LogP contribution >= 0.6 is 11.6 Å². The fourth-order valence-corrected chi connectivity index (χ4v) is 5.15. The Labute approximate surface area is 182 Å². The molecule has 2 unspecified atom stereocenters. The molecule has 1 fully saturated rings. The van der Waals surface area contributed by atoms with Crippen LogP contribution in [0.5, 0.6) is 0 Å². The molecule has 7 nitrogen and oxygen atoms in total. The maximum absolute atomic E-state index is 13.3. The van der Waals surface area contributed by atoms with Gasteiger partial charge < -0.3 is 9.47 Å². The zero-order chi connectivity index (χ0) is 21.7. The number of nitrogens with zero attached hydrogens (tertiary/aromatic N) is 3. The van der Waals surface area contributed by atoms with Crippen molar-refractivity contribution in [2.45, 2.75) is 42.6 Å². The Morgan fingerprint density at radius 2 is 1.90 bits per heavy atom. The SMILES string of the molecule is CC1CCN(C(=O)C(NS(=O)(=O)c2ccccc2)C(Cl)Cn2cccc2C#N)CC1. The summed E-state index contributed by atoms with van der Waals surface area (Å²) in [4.78, 5) is 15.0. The quantitative estimate of drug-likeness (QED) is 0.658. The second-order valence-corrected chi connectivity index (χ2v) is 9.87. The molecule has 0 bridgehead atoms. The van der Waals surface area contributed by atoms with Crippen LogP contribution in [0.2, 0.25) is 0 Å². The van der Waals surface area contributed by atoms with Gasteiger partial charge in [0.25, 0.3) is 0 Å². The molecule has 30 heavy (non-hydrogen) atoms. The molecule has 1 aromatic heterocycles. The topological polar surface area (TPSA) is 95.2 Å². The smallest absolute Gasteiger partial charge is 0.242 e. The molecule has 3 rings (SSSR count). The van der Waals surface area contributed by atoms with Crippen molar-refractivity contribution in [3.63, 3.8) is 0 Å². The molecule has 9 heteroatoms. The van der Waals surface area contributed by atoms with Gasteiger partial charge in [-0.1, -0.05) is 25.1 Å². The third kappa shape index (κ3) is 5.22. The molecule has 0 saturated carbocycles. The summed E-state index contributed by atoms with van der Waals surface area (Å²) in [6.07, 6.45) is 3.42. The van der Waals surface area contributed by atoms with Gasteiger partial charge in [0.1, 0.15) is 17.8 Å². The summed E-state index contributed by atoms with van der Waals surface area (Å²) in [6.45, 7) is 3.40. The molecule has 0 spiro atoms. The van der Waals surface area contributed by atoms with Gasteiger partial charge in [-0.25, -0.2) is 8.42 Å². The van der Waals surface area contributed by atoms with Crippen LogP contribution in [0.15, 0.2) is 53.6 Å². The van der Waals surface area contributed by atoms with E-state index in [1.165, 1.54) is 12.1 Å². The van der Waals surface area contributed by atoms with Crippen molar-refractivity contribution >= 4 is 27.5 Å². The lowest BCUT2D eigenvalue weighted by Crippen LogP contribution is -2.55. The first kappa shape index (κ1) is 22.3. The minimum absolute atomic E-state index is 0.0672. The molecule has 1 amide bonds. The predicted molar refractivity (Wildman–Crippen MR) is 114 cm³/mol. The number of rotatable bonds is 7. The monoisotopic (exact) mass is 448 g/mol. The first-order chi connectivity index (χ1) is 14.3. The third-order valence-corrected chi connectivity index (χ3v) is 7.22. The zero-order valence-electron chi connectivity index (χ0n) is 16.7. The van der Waals surface area contributed by atoms with Crippen molar-refractivity contribution in [1.29, 1.82) is 5.26 Å². The molecule has 160 valence electrons. The molecule has 1 aliphatic heterocycles. The number of sulfonamides is 1. The number of benzene rings is 1. The maximum atomic E-state index is 13.3. The molecule has 1 N–H and O–H groups in total. The predicted octanol–water partition coefficient (Wildman–Crippen LogP) is 2.57. The van der Waals surface area contributed by atoms with E-state index in [2.05, 4.69) is 17.7 Å². The molecule has 0 radical (unpaired) electrons. The number of aromatic nitrogens is 1. The van der Waals surface area contributed by atoms with E-state index >= 15 is 0 Å². The molecule has 1 saturated heterocycles. The lowest BCUT2D eigenvalue weighted by atomic mass is 9.98. The molecule has 1 aromatic carbocycles. The number of nitrogens with one attached hydrogen (secondary N) is 1. The fraction of sp³-hybridized carbons (Fsp3) is 0.429. The number of halogens is 1. The van der Waals surface area contributed by atoms with Crippen LogP contribution in [0.1, 0.15) is 25.5 Å². The normalized spacial score (nSPS) is 17.3. The number of piperidine rings is 1. The van der Waals surface area contributed by atoms with E-state index in [1.54, 1.807) is 46.0 Å². The van der Waals surface area contributed by atoms with E-state index < -0.39 is 21.4 Å². The van der Waals surface area contributed by atoms with E-state index in [9.17, 15) is 18.5 Å². The number of likely N-dealkylation sites (tertiary alicyclic amines) is 1. The molecular formula is C21H25ClN4O3S. The number of carbonyl (C=O) groups is 1. The van der Waals surface area contributed by atoms with E-state index in [1.807, 2.05) is 0 Å². The minimum Gasteiger partial charge on any atom is -0.341 e. The van der Waals surface area contributed by atoms with Gasteiger partial charge in [-0.15, -0.1) is 11.6 Å². The van der Waals surface area contributed by atoms with Gasteiger partial charge in [-0.2, -0.15) is 9.98 Å². The Kier molecular flexibility index (Phi) is 7.19. The summed E-state index contributed by atoms with van der Waals surface area (Å²) >= 11 is 6.60. The summed E-state index contributed by atoms with van der Waals surface area (Å²) < 4.78 is 30.0. The Balaban J connectivity index is 1.86. The van der Waals surface area contributed by atoms with Gasteiger partial charge >= 0.3 is 0 Å². The van der Waals surface area contributed by atoms with Gasteiger partial charge in [0.15, 0.2) is 0 Å². The van der Waals surface area contributed by atoms with Crippen molar-refractivity contribution in [3.8, 4) is 6.07 Å². The fourth-order valence-electron chi connectivity index (χ4n) is 3.51. The molecule has 2 heterocycles.